The molecule has 0 amide bonds. The van der Waals surface area contributed by atoms with Gasteiger partial charge in [0.2, 0.25) is 5.91 Å². The fourth-order valence-electron chi connectivity index (χ4n) is 2.16. The van der Waals surface area contributed by atoms with Crippen molar-refractivity contribution in [3.8, 4) is 5.75 Å². The van der Waals surface area contributed by atoms with Crippen LogP contribution in [-0.4, -0.2) is 44.1 Å². The van der Waals surface area contributed by atoms with E-state index in [2.05, 4.69) is 15.0 Å². The molecule has 0 unspecified atom stereocenters. The van der Waals surface area contributed by atoms with E-state index in [1.54, 1.807) is 31.4 Å². The third-order valence-corrected chi connectivity index (χ3v) is 4.35. The lowest BCUT2D eigenvalue weighted by atomic mass is 10.1. The van der Waals surface area contributed by atoms with Crippen molar-refractivity contribution < 1.29 is 14.3 Å². The first kappa shape index (κ1) is 16.1. The Kier molecular flexibility index (Phi) is 4.57. The van der Waals surface area contributed by atoms with Crippen LogP contribution in [-0.2, 0) is 0 Å². The topological polar surface area (TPSA) is 87.0 Å². The molecule has 3 aromatic rings. The van der Waals surface area contributed by atoms with Gasteiger partial charge in [-0.1, -0.05) is 23.9 Å². The number of fused-ring (bicyclic) bond motifs is 1. The Morgan fingerprint density at radius 3 is 2.83 bits per heavy atom. The average Bonchev–Trinajstić information content (AvgIpc) is 3.04. The molecule has 0 saturated carbocycles. The summed E-state index contributed by atoms with van der Waals surface area (Å²) in [6.45, 7) is 1.43. The second-order valence-corrected chi connectivity index (χ2v) is 5.89. The van der Waals surface area contributed by atoms with Crippen molar-refractivity contribution in [2.75, 3.05) is 12.9 Å². The van der Waals surface area contributed by atoms with Crippen molar-refractivity contribution >= 4 is 34.6 Å². The highest BCUT2D eigenvalue weighted by Gasteiger charge is 2.14. The Hall–Kier alpha value is -2.74. The summed E-state index contributed by atoms with van der Waals surface area (Å²) in [5.41, 5.74) is 1.52. The van der Waals surface area contributed by atoms with E-state index in [1.165, 1.54) is 35.9 Å². The number of thioether (sulfide) groups is 1. The molecule has 0 aliphatic carbocycles. The molecular formula is C16H14N4O3S. The molecule has 122 valence electrons. The van der Waals surface area contributed by atoms with Gasteiger partial charge in [0, 0.05) is 12.5 Å². The largest absolute Gasteiger partial charge is 0.497 e. The zero-order valence-corrected chi connectivity index (χ0v) is 13.9. The minimum absolute atomic E-state index is 0.0448. The first-order valence-electron chi connectivity index (χ1n) is 7.09. The highest BCUT2D eigenvalue weighted by molar-refractivity contribution is 8.00. The average molecular weight is 342 g/mol. The number of methoxy groups -OCH3 is 1. The number of Topliss-reactive ketones (excluding diaryl/α,β-unsaturated/α-hetero) is 1. The number of rotatable bonds is 5. The van der Waals surface area contributed by atoms with Crippen LogP contribution < -0.4 is 4.74 Å². The molecule has 3 rings (SSSR count). The standard InChI is InChI=1S/C16H14N4O3S/c1-10(21)20-9-19-14-15(20)17-8-18-16(14)24-7-13(22)11-4-3-5-12(6-11)23-2/h3-6,8-9H,7H2,1-2H3. The first-order chi connectivity index (χ1) is 11.6. The van der Waals surface area contributed by atoms with Gasteiger partial charge in [-0.25, -0.2) is 15.0 Å². The first-order valence-corrected chi connectivity index (χ1v) is 8.07. The number of hydrogen-bond donors (Lipinski definition) is 0. The Morgan fingerprint density at radius 2 is 2.08 bits per heavy atom. The van der Waals surface area contributed by atoms with Gasteiger partial charge < -0.3 is 4.74 Å². The summed E-state index contributed by atoms with van der Waals surface area (Å²) in [5, 5.41) is 0.566. The molecule has 0 atom stereocenters. The van der Waals surface area contributed by atoms with Crippen molar-refractivity contribution in [3.05, 3.63) is 42.5 Å². The lowest BCUT2D eigenvalue weighted by molar-refractivity contribution is 0.0939. The summed E-state index contributed by atoms with van der Waals surface area (Å²) in [6.07, 6.45) is 2.78. The van der Waals surface area contributed by atoms with Gasteiger partial charge in [-0.3, -0.25) is 14.2 Å². The zero-order chi connectivity index (χ0) is 17.1. The monoisotopic (exact) mass is 342 g/mol. The molecule has 2 aromatic heterocycles. The molecule has 0 aliphatic heterocycles. The lowest BCUT2D eigenvalue weighted by Gasteiger charge is -2.04. The number of benzene rings is 1. The van der Waals surface area contributed by atoms with Crippen LogP contribution in [0.25, 0.3) is 11.2 Å². The van der Waals surface area contributed by atoms with Crippen molar-refractivity contribution in [3.63, 3.8) is 0 Å². The molecule has 8 heteroatoms. The van der Waals surface area contributed by atoms with Gasteiger partial charge in [0.1, 0.15) is 28.9 Å². The van der Waals surface area contributed by atoms with E-state index in [-0.39, 0.29) is 17.4 Å². The van der Waals surface area contributed by atoms with Gasteiger partial charge in [-0.2, -0.15) is 0 Å². The van der Waals surface area contributed by atoms with Crippen LogP contribution in [0.4, 0.5) is 0 Å². The third-order valence-electron chi connectivity index (χ3n) is 3.37. The number of carbonyl (C=O) groups excluding carboxylic acids is 2. The van der Waals surface area contributed by atoms with Crippen LogP contribution in [0.5, 0.6) is 5.75 Å². The van der Waals surface area contributed by atoms with E-state index in [9.17, 15) is 9.59 Å². The Morgan fingerprint density at radius 1 is 1.25 bits per heavy atom. The van der Waals surface area contributed by atoms with Crippen molar-refractivity contribution in [1.82, 2.24) is 19.5 Å². The molecule has 0 spiro atoms. The number of nitrogens with zero attached hydrogens (tertiary/aromatic N) is 4. The van der Waals surface area contributed by atoms with Gasteiger partial charge in [-0.05, 0) is 12.1 Å². The summed E-state index contributed by atoms with van der Waals surface area (Å²) in [6, 6.07) is 6.99. The maximum Gasteiger partial charge on any atom is 0.230 e. The van der Waals surface area contributed by atoms with E-state index < -0.39 is 0 Å². The minimum Gasteiger partial charge on any atom is -0.497 e. The number of ether oxygens (including phenoxy) is 1. The van der Waals surface area contributed by atoms with Crippen LogP contribution in [0.3, 0.4) is 0 Å². The molecule has 2 heterocycles. The SMILES string of the molecule is COc1cccc(C(=O)CSc2ncnc3c2ncn3C(C)=O)c1. The van der Waals surface area contributed by atoms with E-state index in [0.717, 1.165) is 0 Å². The van der Waals surface area contributed by atoms with Crippen molar-refractivity contribution in [2.45, 2.75) is 11.9 Å². The molecule has 0 saturated heterocycles. The molecule has 0 aliphatic rings. The summed E-state index contributed by atoms with van der Waals surface area (Å²) >= 11 is 1.26. The maximum absolute atomic E-state index is 12.3. The van der Waals surface area contributed by atoms with Crippen LogP contribution in [0.1, 0.15) is 22.1 Å². The van der Waals surface area contributed by atoms with E-state index in [1.807, 2.05) is 0 Å². The van der Waals surface area contributed by atoms with E-state index in [4.69, 9.17) is 4.74 Å². The predicted octanol–water partition coefficient (Wildman–Crippen LogP) is 2.47. The Bertz CT molecular complexity index is 923. The van der Waals surface area contributed by atoms with Gasteiger partial charge >= 0.3 is 0 Å². The molecule has 0 N–H and O–H groups in total. The van der Waals surface area contributed by atoms with E-state index in [0.29, 0.717) is 27.5 Å². The van der Waals surface area contributed by atoms with Crippen LogP contribution in [0.15, 0.2) is 41.9 Å². The minimum atomic E-state index is -0.181. The fraction of sp³-hybridized carbons (Fsp3) is 0.188. The summed E-state index contributed by atoms with van der Waals surface area (Å²) in [5.74, 6) is 0.610. The molecule has 7 nitrogen and oxygen atoms in total. The molecule has 0 bridgehead atoms. The van der Waals surface area contributed by atoms with Gasteiger partial charge in [0.15, 0.2) is 11.4 Å². The summed E-state index contributed by atoms with van der Waals surface area (Å²) in [7, 11) is 1.56. The third kappa shape index (κ3) is 3.13. The van der Waals surface area contributed by atoms with Crippen molar-refractivity contribution in [1.29, 1.82) is 0 Å². The zero-order valence-electron chi connectivity index (χ0n) is 13.1. The number of imidazole rings is 1. The summed E-state index contributed by atoms with van der Waals surface area (Å²) < 4.78 is 6.48. The van der Waals surface area contributed by atoms with Gasteiger partial charge in [0.25, 0.3) is 0 Å². The second-order valence-electron chi connectivity index (χ2n) is 4.93. The highest BCUT2D eigenvalue weighted by atomic mass is 32.2. The van der Waals surface area contributed by atoms with Crippen molar-refractivity contribution in [2.24, 2.45) is 0 Å². The molecule has 0 radical (unpaired) electrons. The quantitative estimate of drug-likeness (QED) is 0.400. The lowest BCUT2D eigenvalue weighted by Crippen LogP contribution is -2.05. The highest BCUT2D eigenvalue weighted by Crippen LogP contribution is 2.24. The Balaban J connectivity index is 1.80. The number of aromatic nitrogens is 4. The molecule has 24 heavy (non-hydrogen) atoms. The van der Waals surface area contributed by atoms with Crippen LogP contribution in [0.2, 0.25) is 0 Å². The number of ketones is 1. The van der Waals surface area contributed by atoms with Gasteiger partial charge in [0.05, 0.1) is 12.9 Å². The van der Waals surface area contributed by atoms with Crippen LogP contribution >= 0.6 is 11.8 Å². The molecule has 1 aromatic carbocycles. The van der Waals surface area contributed by atoms with Gasteiger partial charge in [-0.15, -0.1) is 0 Å². The molecular weight excluding hydrogens is 328 g/mol. The maximum atomic E-state index is 12.3. The van der Waals surface area contributed by atoms with Crippen LogP contribution in [0, 0.1) is 0 Å². The predicted molar refractivity (Wildman–Crippen MR) is 89.7 cm³/mol. The van der Waals surface area contributed by atoms with E-state index >= 15 is 0 Å². The smallest absolute Gasteiger partial charge is 0.230 e. The normalized spacial score (nSPS) is 10.8. The summed E-state index contributed by atoms with van der Waals surface area (Å²) in [4.78, 5) is 36.3. The second kappa shape index (κ2) is 6.79. The number of hydrogen-bond acceptors (Lipinski definition) is 7. The Labute approximate surface area is 142 Å². The fourth-order valence-corrected chi connectivity index (χ4v) is 3.00. The number of carbonyl (C=O) groups is 2. The molecule has 0 fully saturated rings.